The molecule has 0 aliphatic carbocycles. The van der Waals surface area contributed by atoms with E-state index in [0.29, 0.717) is 5.75 Å². The molecule has 2 nitrogen and oxygen atoms in total. The lowest BCUT2D eigenvalue weighted by Gasteiger charge is -2.30. The summed E-state index contributed by atoms with van der Waals surface area (Å²) >= 11 is 0. The molecule has 0 spiro atoms. The van der Waals surface area contributed by atoms with E-state index in [2.05, 4.69) is 11.0 Å². The van der Waals surface area contributed by atoms with Gasteiger partial charge in [0.1, 0.15) is 5.75 Å². The van der Waals surface area contributed by atoms with Crippen LogP contribution in [0, 0.1) is 0 Å². The molecule has 64 valence electrons. The van der Waals surface area contributed by atoms with Gasteiger partial charge in [-0.2, -0.15) is 0 Å². The Kier molecular flexibility index (Phi) is 2.00. The molecule has 1 aromatic carbocycles. The van der Waals surface area contributed by atoms with Crippen molar-refractivity contribution in [2.45, 2.75) is 13.0 Å². The predicted molar refractivity (Wildman–Crippen MR) is 48.0 cm³/mol. The van der Waals surface area contributed by atoms with Crippen LogP contribution in [0.25, 0.3) is 0 Å². The van der Waals surface area contributed by atoms with Gasteiger partial charge in [-0.05, 0) is 37.2 Å². The van der Waals surface area contributed by atoms with Gasteiger partial charge < -0.3 is 5.11 Å². The third-order valence-corrected chi connectivity index (χ3v) is 2.27. The van der Waals surface area contributed by atoms with Crippen molar-refractivity contribution >= 4 is 0 Å². The summed E-state index contributed by atoms with van der Waals surface area (Å²) in [4.78, 5) is 2.37. The average Bonchev–Trinajstić information content (AvgIpc) is 1.97. The monoisotopic (exact) mass is 163 g/mol. The molecule has 1 saturated heterocycles. The fraction of sp³-hybridized carbons (Fsp3) is 0.400. The van der Waals surface area contributed by atoms with E-state index in [-0.39, 0.29) is 0 Å². The van der Waals surface area contributed by atoms with E-state index < -0.39 is 0 Å². The predicted octanol–water partition coefficient (Wildman–Crippen LogP) is 1.60. The Bertz CT molecular complexity index is 268. The van der Waals surface area contributed by atoms with Gasteiger partial charge in [0.2, 0.25) is 0 Å². The topological polar surface area (TPSA) is 23.5 Å². The van der Waals surface area contributed by atoms with Gasteiger partial charge in [-0.1, -0.05) is 12.1 Å². The summed E-state index contributed by atoms with van der Waals surface area (Å²) < 4.78 is 0. The van der Waals surface area contributed by atoms with Crippen molar-refractivity contribution in [3.63, 3.8) is 0 Å². The summed E-state index contributed by atoms with van der Waals surface area (Å²) in [6.45, 7) is 3.39. The Morgan fingerprint density at radius 3 is 2.75 bits per heavy atom. The second kappa shape index (κ2) is 3.15. The molecule has 0 amide bonds. The van der Waals surface area contributed by atoms with Gasteiger partial charge in [-0.3, -0.25) is 4.90 Å². The molecule has 1 N–H and O–H groups in total. The van der Waals surface area contributed by atoms with Crippen LogP contribution in [-0.4, -0.2) is 23.1 Å². The van der Waals surface area contributed by atoms with Crippen molar-refractivity contribution < 1.29 is 5.11 Å². The summed E-state index contributed by atoms with van der Waals surface area (Å²) in [5.74, 6) is 0.369. The largest absolute Gasteiger partial charge is 0.508 e. The molecule has 1 aliphatic rings. The normalized spacial score (nSPS) is 17.3. The van der Waals surface area contributed by atoms with Gasteiger partial charge in [0.05, 0.1) is 0 Å². The fourth-order valence-electron chi connectivity index (χ4n) is 1.45. The second-order valence-electron chi connectivity index (χ2n) is 3.30. The lowest BCUT2D eigenvalue weighted by molar-refractivity contribution is 0.172. The van der Waals surface area contributed by atoms with Gasteiger partial charge in [0.25, 0.3) is 0 Å². The standard InChI is InChI=1S/C10H13NO/c12-10-4-1-3-9(7-10)8-11-5-2-6-11/h1,3-4,7,12H,2,5-6,8H2. The van der Waals surface area contributed by atoms with Crippen LogP contribution in [0.2, 0.25) is 0 Å². The first-order valence-electron chi connectivity index (χ1n) is 4.35. The Labute approximate surface area is 72.4 Å². The molecule has 0 aromatic heterocycles. The number of benzene rings is 1. The number of nitrogens with zero attached hydrogens (tertiary/aromatic N) is 1. The summed E-state index contributed by atoms with van der Waals surface area (Å²) in [6, 6.07) is 7.49. The van der Waals surface area contributed by atoms with Crippen molar-refractivity contribution in [1.29, 1.82) is 0 Å². The number of aromatic hydroxyl groups is 1. The molecule has 1 fully saturated rings. The molecular weight excluding hydrogens is 150 g/mol. The number of hydrogen-bond acceptors (Lipinski definition) is 2. The Morgan fingerprint density at radius 1 is 1.33 bits per heavy atom. The quantitative estimate of drug-likeness (QED) is 0.715. The minimum absolute atomic E-state index is 0.369. The van der Waals surface area contributed by atoms with Crippen LogP contribution in [0.1, 0.15) is 12.0 Å². The van der Waals surface area contributed by atoms with Crippen LogP contribution in [0.5, 0.6) is 5.75 Å². The molecule has 0 unspecified atom stereocenters. The van der Waals surface area contributed by atoms with Crippen LogP contribution in [0.4, 0.5) is 0 Å². The molecule has 2 heteroatoms. The zero-order valence-electron chi connectivity index (χ0n) is 7.03. The molecule has 1 aromatic rings. The molecule has 0 bridgehead atoms. The summed E-state index contributed by atoms with van der Waals surface area (Å²) in [5, 5.41) is 9.20. The zero-order chi connectivity index (χ0) is 8.39. The molecule has 0 saturated carbocycles. The fourth-order valence-corrected chi connectivity index (χ4v) is 1.45. The van der Waals surface area contributed by atoms with Crippen molar-refractivity contribution in [1.82, 2.24) is 4.90 Å². The third-order valence-electron chi connectivity index (χ3n) is 2.27. The molecular formula is C10H13NO. The maximum Gasteiger partial charge on any atom is 0.115 e. The molecule has 12 heavy (non-hydrogen) atoms. The highest BCUT2D eigenvalue weighted by molar-refractivity contribution is 5.27. The highest BCUT2D eigenvalue weighted by atomic mass is 16.3. The Hall–Kier alpha value is -1.02. The van der Waals surface area contributed by atoms with E-state index in [1.165, 1.54) is 25.1 Å². The first-order valence-corrected chi connectivity index (χ1v) is 4.35. The molecule has 1 heterocycles. The zero-order valence-corrected chi connectivity index (χ0v) is 7.03. The number of likely N-dealkylation sites (tertiary alicyclic amines) is 1. The van der Waals surface area contributed by atoms with Gasteiger partial charge >= 0.3 is 0 Å². The van der Waals surface area contributed by atoms with Crippen LogP contribution in [0.3, 0.4) is 0 Å². The number of phenols is 1. The van der Waals surface area contributed by atoms with Gasteiger partial charge in [-0.25, -0.2) is 0 Å². The molecule has 0 radical (unpaired) electrons. The van der Waals surface area contributed by atoms with Crippen molar-refractivity contribution in [2.75, 3.05) is 13.1 Å². The van der Waals surface area contributed by atoms with E-state index in [0.717, 1.165) is 6.54 Å². The summed E-state index contributed by atoms with van der Waals surface area (Å²) in [7, 11) is 0. The molecule has 1 aliphatic heterocycles. The SMILES string of the molecule is Oc1cccc(CN2CCC2)c1. The minimum Gasteiger partial charge on any atom is -0.508 e. The molecule has 0 atom stereocenters. The summed E-state index contributed by atoms with van der Waals surface area (Å²) in [6.07, 6.45) is 1.32. The maximum atomic E-state index is 9.20. The number of phenolic OH excluding ortho intramolecular Hbond substituents is 1. The lowest BCUT2D eigenvalue weighted by Crippen LogP contribution is -2.36. The van der Waals surface area contributed by atoms with Crippen LogP contribution in [0.15, 0.2) is 24.3 Å². The Morgan fingerprint density at radius 2 is 2.17 bits per heavy atom. The van der Waals surface area contributed by atoms with E-state index in [1.54, 1.807) is 6.07 Å². The van der Waals surface area contributed by atoms with Crippen LogP contribution < -0.4 is 0 Å². The first-order chi connectivity index (χ1) is 5.84. The summed E-state index contributed by atoms with van der Waals surface area (Å²) in [5.41, 5.74) is 1.20. The van der Waals surface area contributed by atoms with Crippen LogP contribution in [-0.2, 0) is 6.54 Å². The lowest BCUT2D eigenvalue weighted by atomic mass is 10.1. The average molecular weight is 163 g/mol. The van der Waals surface area contributed by atoms with Crippen LogP contribution >= 0.6 is 0 Å². The van der Waals surface area contributed by atoms with E-state index in [1.807, 2.05) is 12.1 Å². The first kappa shape index (κ1) is 7.62. The van der Waals surface area contributed by atoms with E-state index >= 15 is 0 Å². The number of hydrogen-bond donors (Lipinski definition) is 1. The van der Waals surface area contributed by atoms with Gasteiger partial charge in [0.15, 0.2) is 0 Å². The number of rotatable bonds is 2. The smallest absolute Gasteiger partial charge is 0.115 e. The van der Waals surface area contributed by atoms with Gasteiger partial charge in [0, 0.05) is 6.54 Å². The van der Waals surface area contributed by atoms with E-state index in [4.69, 9.17) is 0 Å². The minimum atomic E-state index is 0.369. The molecule has 2 rings (SSSR count). The Balaban J connectivity index is 2.02. The van der Waals surface area contributed by atoms with Gasteiger partial charge in [-0.15, -0.1) is 0 Å². The third kappa shape index (κ3) is 1.59. The second-order valence-corrected chi connectivity index (χ2v) is 3.30. The van der Waals surface area contributed by atoms with E-state index in [9.17, 15) is 5.11 Å². The highest BCUT2D eigenvalue weighted by Crippen LogP contribution is 2.15. The van der Waals surface area contributed by atoms with Crippen molar-refractivity contribution in [2.24, 2.45) is 0 Å². The highest BCUT2D eigenvalue weighted by Gasteiger charge is 2.13. The van der Waals surface area contributed by atoms with Crippen molar-refractivity contribution in [3.8, 4) is 5.75 Å². The maximum absolute atomic E-state index is 9.20. The van der Waals surface area contributed by atoms with Crippen molar-refractivity contribution in [3.05, 3.63) is 29.8 Å².